The molecule has 1 aromatic carbocycles. The van der Waals surface area contributed by atoms with Gasteiger partial charge in [-0.25, -0.2) is 0 Å². The van der Waals surface area contributed by atoms with Gasteiger partial charge in [0.15, 0.2) is 15.7 Å². The minimum absolute atomic E-state index is 0.805. The van der Waals surface area contributed by atoms with Gasteiger partial charge >= 0.3 is 0 Å². The summed E-state index contributed by atoms with van der Waals surface area (Å²) in [6, 6.07) is 7.94. The highest BCUT2D eigenvalue weighted by molar-refractivity contribution is 6.33. The number of benzene rings is 1. The Morgan fingerprint density at radius 3 is 2.71 bits per heavy atom. The summed E-state index contributed by atoms with van der Waals surface area (Å²) < 4.78 is 0. The Labute approximate surface area is 85.8 Å². The average Bonchev–Trinajstić information content (AvgIpc) is 2.48. The first-order valence-electron chi connectivity index (χ1n) is 4.73. The molecule has 1 aromatic rings. The molecule has 0 saturated carbocycles. The van der Waals surface area contributed by atoms with E-state index in [9.17, 15) is 0 Å². The Bertz CT molecular complexity index is 389. The molecule has 0 radical (unpaired) electrons. The van der Waals surface area contributed by atoms with Crippen LogP contribution in [0.1, 0.15) is 0 Å². The van der Waals surface area contributed by atoms with Crippen LogP contribution in [0.5, 0.6) is 0 Å². The molecule has 2 rings (SSSR count). The van der Waals surface area contributed by atoms with Crippen molar-refractivity contribution in [2.45, 2.75) is 0 Å². The fraction of sp³-hybridized carbons (Fsp3) is 0.111. The number of anilines is 2. The van der Waals surface area contributed by atoms with Gasteiger partial charge in [0.1, 0.15) is 0 Å². The van der Waals surface area contributed by atoms with Crippen LogP contribution in [-0.2, 0) is 0 Å². The van der Waals surface area contributed by atoms with Gasteiger partial charge in [0.2, 0.25) is 0 Å². The highest BCUT2D eigenvalue weighted by atomic mass is 15.3. The summed E-state index contributed by atoms with van der Waals surface area (Å²) in [7, 11) is 4.19. The van der Waals surface area contributed by atoms with Crippen molar-refractivity contribution in [3.63, 3.8) is 0 Å². The van der Waals surface area contributed by atoms with E-state index >= 15 is 0 Å². The van der Waals surface area contributed by atoms with E-state index < -0.39 is 0 Å². The van der Waals surface area contributed by atoms with Crippen molar-refractivity contribution in [3.8, 4) is 0 Å². The first-order valence-corrected chi connectivity index (χ1v) is 4.73. The molecular formula is C9H13B2N3. The number of nitrogens with zero attached hydrogens (tertiary/aromatic N) is 1. The van der Waals surface area contributed by atoms with Gasteiger partial charge in [-0.05, 0) is 29.4 Å². The van der Waals surface area contributed by atoms with Crippen molar-refractivity contribution in [2.24, 2.45) is 0 Å². The zero-order valence-corrected chi connectivity index (χ0v) is 8.54. The molecule has 14 heavy (non-hydrogen) atoms. The van der Waals surface area contributed by atoms with Crippen molar-refractivity contribution in [1.82, 2.24) is 5.32 Å². The van der Waals surface area contributed by atoms with Crippen molar-refractivity contribution in [1.29, 1.82) is 0 Å². The molecule has 0 aliphatic carbocycles. The number of hydrogen-bond acceptors (Lipinski definition) is 3. The van der Waals surface area contributed by atoms with E-state index in [2.05, 4.69) is 32.0 Å². The van der Waals surface area contributed by atoms with Gasteiger partial charge in [0, 0.05) is 11.4 Å². The van der Waals surface area contributed by atoms with Crippen LogP contribution in [-0.4, -0.2) is 22.4 Å². The summed E-state index contributed by atoms with van der Waals surface area (Å²) in [5, 5.41) is 3.30. The van der Waals surface area contributed by atoms with Gasteiger partial charge in [0.25, 0.3) is 0 Å². The Kier molecular flexibility index (Phi) is 2.15. The fourth-order valence-electron chi connectivity index (χ4n) is 1.62. The second-order valence-electron chi connectivity index (χ2n) is 3.57. The first kappa shape index (κ1) is 9.06. The van der Waals surface area contributed by atoms with Crippen molar-refractivity contribution in [3.05, 3.63) is 35.5 Å². The lowest BCUT2D eigenvalue weighted by Gasteiger charge is -2.19. The molecule has 3 nitrogen and oxygen atoms in total. The molecule has 0 atom stereocenters. The molecule has 3 N–H and O–H groups in total. The summed E-state index contributed by atoms with van der Waals surface area (Å²) in [6.45, 7) is 0.834. The topological polar surface area (TPSA) is 41.3 Å². The maximum atomic E-state index is 5.74. The Hall–Kier alpha value is -1.51. The van der Waals surface area contributed by atoms with Crippen LogP contribution in [0.3, 0.4) is 0 Å². The number of nitrogens with two attached hydrogens (primary N) is 1. The molecule has 0 saturated heterocycles. The van der Waals surface area contributed by atoms with Gasteiger partial charge in [0.05, 0.1) is 6.67 Å². The normalized spacial score (nSPS) is 15.9. The van der Waals surface area contributed by atoms with Gasteiger partial charge in [-0.3, -0.25) is 0 Å². The summed E-state index contributed by atoms with van der Waals surface area (Å²) in [5.74, 6) is 0. The minimum atomic E-state index is 0.805. The predicted octanol–water partition coefficient (Wildman–Crippen LogP) is -0.971. The monoisotopic (exact) mass is 185 g/mol. The lowest BCUT2D eigenvalue weighted by atomic mass is 9.91. The molecule has 1 aliphatic heterocycles. The Balaban J connectivity index is 2.33. The molecule has 0 bridgehead atoms. The smallest absolute Gasteiger partial charge is 0.162 e. The van der Waals surface area contributed by atoms with Crippen molar-refractivity contribution >= 4 is 27.1 Å². The lowest BCUT2D eigenvalue weighted by Crippen LogP contribution is -2.23. The standard InChI is InChI=1S/C9H13B2N3/c10-8-9(11)14(5-13-8)7-3-1-2-6(12)4-7/h1-4,13H,5,10-12H2. The van der Waals surface area contributed by atoms with Gasteiger partial charge < -0.3 is 16.0 Å². The highest BCUT2D eigenvalue weighted by Gasteiger charge is 2.15. The second kappa shape index (κ2) is 3.33. The third kappa shape index (κ3) is 1.45. The van der Waals surface area contributed by atoms with Crippen LogP contribution in [0.4, 0.5) is 11.4 Å². The number of nitrogens with one attached hydrogen (secondary N) is 1. The Morgan fingerprint density at radius 2 is 2.14 bits per heavy atom. The molecule has 1 heterocycles. The number of rotatable bonds is 1. The highest BCUT2D eigenvalue weighted by Crippen LogP contribution is 2.22. The van der Waals surface area contributed by atoms with E-state index in [1.165, 1.54) is 11.2 Å². The quantitative estimate of drug-likeness (QED) is 0.436. The molecule has 1 aliphatic rings. The van der Waals surface area contributed by atoms with E-state index in [1.807, 2.05) is 18.2 Å². The molecule has 0 spiro atoms. The fourth-order valence-corrected chi connectivity index (χ4v) is 1.62. The summed E-state index contributed by atoms with van der Waals surface area (Å²) in [5.41, 5.74) is 10.2. The zero-order valence-electron chi connectivity index (χ0n) is 8.54. The van der Waals surface area contributed by atoms with E-state index in [4.69, 9.17) is 5.73 Å². The van der Waals surface area contributed by atoms with Crippen LogP contribution in [0, 0.1) is 0 Å². The van der Waals surface area contributed by atoms with E-state index in [-0.39, 0.29) is 0 Å². The van der Waals surface area contributed by atoms with E-state index in [0.29, 0.717) is 0 Å². The Morgan fingerprint density at radius 1 is 1.36 bits per heavy atom. The minimum Gasteiger partial charge on any atom is -0.399 e. The molecule has 5 heteroatoms. The summed E-state index contributed by atoms with van der Waals surface area (Å²) in [6.07, 6.45) is 0. The van der Waals surface area contributed by atoms with Crippen LogP contribution in [0.25, 0.3) is 0 Å². The third-order valence-electron chi connectivity index (χ3n) is 2.63. The third-order valence-corrected chi connectivity index (χ3v) is 2.63. The van der Waals surface area contributed by atoms with Gasteiger partial charge in [-0.1, -0.05) is 6.07 Å². The zero-order chi connectivity index (χ0) is 10.1. The van der Waals surface area contributed by atoms with E-state index in [0.717, 1.165) is 18.0 Å². The molecule has 0 unspecified atom stereocenters. The van der Waals surface area contributed by atoms with Crippen LogP contribution < -0.4 is 16.0 Å². The maximum absolute atomic E-state index is 5.74. The number of nitrogen functional groups attached to an aromatic ring is 1. The van der Waals surface area contributed by atoms with E-state index in [1.54, 1.807) is 0 Å². The van der Waals surface area contributed by atoms with Crippen LogP contribution in [0.2, 0.25) is 0 Å². The largest absolute Gasteiger partial charge is 0.399 e. The predicted molar refractivity (Wildman–Crippen MR) is 65.5 cm³/mol. The maximum Gasteiger partial charge on any atom is 0.162 e. The summed E-state index contributed by atoms with van der Waals surface area (Å²) >= 11 is 0. The molecule has 0 fully saturated rings. The van der Waals surface area contributed by atoms with Crippen molar-refractivity contribution < 1.29 is 0 Å². The van der Waals surface area contributed by atoms with Crippen LogP contribution >= 0.6 is 0 Å². The molecule has 0 aromatic heterocycles. The van der Waals surface area contributed by atoms with Gasteiger partial charge in [-0.15, -0.1) is 0 Å². The number of hydrogen-bond donors (Lipinski definition) is 2. The second-order valence-corrected chi connectivity index (χ2v) is 3.57. The lowest BCUT2D eigenvalue weighted by molar-refractivity contribution is 0.889. The summed E-state index contributed by atoms with van der Waals surface area (Å²) in [4.78, 5) is 2.21. The average molecular weight is 185 g/mol. The molecule has 0 amide bonds. The molecular weight excluding hydrogens is 172 g/mol. The SMILES string of the molecule is BC1=C(B)N(c2cccc(N)c2)CN1. The van der Waals surface area contributed by atoms with Gasteiger partial charge in [-0.2, -0.15) is 0 Å². The van der Waals surface area contributed by atoms with Crippen molar-refractivity contribution in [2.75, 3.05) is 17.3 Å². The molecule has 70 valence electrons. The first-order chi connectivity index (χ1) is 6.68. The van der Waals surface area contributed by atoms with Crippen LogP contribution in [0.15, 0.2) is 35.5 Å².